The summed E-state index contributed by atoms with van der Waals surface area (Å²) in [6.45, 7) is 4.47. The number of rotatable bonds is 4. The Labute approximate surface area is 159 Å². The van der Waals surface area contributed by atoms with Crippen LogP contribution in [0.1, 0.15) is 53.7 Å². The molecule has 1 aliphatic carbocycles. The van der Waals surface area contributed by atoms with Crippen molar-refractivity contribution in [3.05, 3.63) is 77.1 Å². The van der Waals surface area contributed by atoms with Gasteiger partial charge < -0.3 is 10.1 Å². The average Bonchev–Trinajstić information content (AvgIpc) is 3.16. The molecule has 2 aromatic rings. The van der Waals surface area contributed by atoms with Gasteiger partial charge in [0.2, 0.25) is 0 Å². The van der Waals surface area contributed by atoms with Crippen LogP contribution in [0.3, 0.4) is 0 Å². The van der Waals surface area contributed by atoms with Crippen LogP contribution in [0.4, 0.5) is 10.1 Å². The van der Waals surface area contributed by atoms with Gasteiger partial charge in [-0.1, -0.05) is 38.1 Å². The molecule has 0 radical (unpaired) electrons. The lowest BCUT2D eigenvalue weighted by molar-refractivity contribution is 0.0459. The van der Waals surface area contributed by atoms with Crippen molar-refractivity contribution >= 4 is 11.7 Å². The summed E-state index contributed by atoms with van der Waals surface area (Å²) in [7, 11) is 0. The maximum Gasteiger partial charge on any atom is 0.338 e. The standard InChI is InChI=1S/C23H24FNO2/c1-14(2)13-27-23(26)16-8-11-21-20(12-16)18-4-3-5-19(18)22(25-21)15-6-9-17(24)10-7-15/h3-4,6-12,14,18-19,22,25H,5,13H2,1-2H3/t18-,19-,22+/m1/s1. The molecule has 27 heavy (non-hydrogen) atoms. The van der Waals surface area contributed by atoms with E-state index in [9.17, 15) is 9.18 Å². The van der Waals surface area contributed by atoms with E-state index in [1.54, 1.807) is 0 Å². The summed E-state index contributed by atoms with van der Waals surface area (Å²) in [5, 5.41) is 3.61. The smallest absolute Gasteiger partial charge is 0.338 e. The Hall–Kier alpha value is -2.62. The molecule has 4 rings (SSSR count). The Morgan fingerprint density at radius 1 is 1.22 bits per heavy atom. The van der Waals surface area contributed by atoms with Gasteiger partial charge in [0.15, 0.2) is 0 Å². The summed E-state index contributed by atoms with van der Waals surface area (Å²) in [4.78, 5) is 12.3. The van der Waals surface area contributed by atoms with E-state index in [1.807, 2.05) is 44.2 Å². The van der Waals surface area contributed by atoms with Crippen LogP contribution in [-0.4, -0.2) is 12.6 Å². The van der Waals surface area contributed by atoms with Crippen molar-refractivity contribution < 1.29 is 13.9 Å². The van der Waals surface area contributed by atoms with E-state index < -0.39 is 0 Å². The van der Waals surface area contributed by atoms with Gasteiger partial charge in [-0.2, -0.15) is 0 Å². The summed E-state index contributed by atoms with van der Waals surface area (Å²) in [5.74, 6) is 0.414. The minimum absolute atomic E-state index is 0.122. The molecule has 1 heterocycles. The number of fused-ring (bicyclic) bond motifs is 3. The first-order valence-corrected chi connectivity index (χ1v) is 9.52. The predicted molar refractivity (Wildman–Crippen MR) is 104 cm³/mol. The molecule has 0 unspecified atom stereocenters. The lowest BCUT2D eigenvalue weighted by Gasteiger charge is -2.37. The quantitative estimate of drug-likeness (QED) is 0.577. The minimum atomic E-state index is -0.273. The van der Waals surface area contributed by atoms with Crippen molar-refractivity contribution in [1.29, 1.82) is 0 Å². The van der Waals surface area contributed by atoms with Crippen molar-refractivity contribution in [2.75, 3.05) is 11.9 Å². The SMILES string of the molecule is CC(C)COC(=O)c1ccc2c(c1)[C@@H]1C=CC[C@H]1[C@H](c1ccc(F)cc1)N2. The third kappa shape index (κ3) is 3.48. The second-order valence-electron chi connectivity index (χ2n) is 7.82. The highest BCUT2D eigenvalue weighted by molar-refractivity contribution is 5.90. The maximum absolute atomic E-state index is 13.3. The van der Waals surface area contributed by atoms with Gasteiger partial charge in [-0.3, -0.25) is 0 Å². The Balaban J connectivity index is 1.63. The van der Waals surface area contributed by atoms with Crippen molar-refractivity contribution in [3.63, 3.8) is 0 Å². The molecule has 1 aliphatic heterocycles. The molecule has 2 aliphatic rings. The number of halogens is 1. The molecular formula is C23H24FNO2. The normalized spacial score (nSPS) is 22.9. The second-order valence-corrected chi connectivity index (χ2v) is 7.82. The van der Waals surface area contributed by atoms with Crippen molar-refractivity contribution in [2.45, 2.75) is 32.2 Å². The number of hydrogen-bond donors (Lipinski definition) is 1. The van der Waals surface area contributed by atoms with Gasteiger partial charge in [0.1, 0.15) is 5.82 Å². The van der Waals surface area contributed by atoms with E-state index >= 15 is 0 Å². The molecule has 0 bridgehead atoms. The largest absolute Gasteiger partial charge is 0.462 e. The number of hydrogen-bond acceptors (Lipinski definition) is 3. The van der Waals surface area contributed by atoms with E-state index in [2.05, 4.69) is 17.5 Å². The molecule has 0 aromatic heterocycles. The Morgan fingerprint density at radius 2 is 2.00 bits per heavy atom. The molecule has 0 spiro atoms. The van der Waals surface area contributed by atoms with Gasteiger partial charge in [0, 0.05) is 11.6 Å². The fraction of sp³-hybridized carbons (Fsp3) is 0.348. The van der Waals surface area contributed by atoms with Crippen LogP contribution in [0.15, 0.2) is 54.6 Å². The van der Waals surface area contributed by atoms with Crippen LogP contribution in [-0.2, 0) is 4.74 Å². The molecule has 3 nitrogen and oxygen atoms in total. The Kier molecular flexibility index (Phi) is 4.73. The number of carbonyl (C=O) groups excluding carboxylic acids is 1. The number of esters is 1. The highest BCUT2D eigenvalue weighted by Gasteiger charge is 2.38. The van der Waals surface area contributed by atoms with Crippen LogP contribution >= 0.6 is 0 Å². The van der Waals surface area contributed by atoms with Crippen LogP contribution in [0.2, 0.25) is 0 Å². The van der Waals surface area contributed by atoms with Gasteiger partial charge in [0.25, 0.3) is 0 Å². The molecule has 0 amide bonds. The maximum atomic E-state index is 13.3. The molecular weight excluding hydrogens is 341 g/mol. The summed E-state index contributed by atoms with van der Waals surface area (Å²) in [6, 6.07) is 12.6. The first-order chi connectivity index (χ1) is 13.0. The van der Waals surface area contributed by atoms with Crippen LogP contribution in [0, 0.1) is 17.7 Å². The van der Waals surface area contributed by atoms with Gasteiger partial charge in [-0.05, 0) is 59.7 Å². The zero-order chi connectivity index (χ0) is 19.0. The average molecular weight is 365 g/mol. The zero-order valence-electron chi connectivity index (χ0n) is 15.6. The third-order valence-electron chi connectivity index (χ3n) is 5.38. The van der Waals surface area contributed by atoms with Crippen LogP contribution < -0.4 is 5.32 Å². The highest BCUT2D eigenvalue weighted by atomic mass is 19.1. The molecule has 0 saturated carbocycles. The number of nitrogens with one attached hydrogen (secondary N) is 1. The Bertz CT molecular complexity index is 872. The molecule has 4 heteroatoms. The van der Waals surface area contributed by atoms with Crippen LogP contribution in [0.25, 0.3) is 0 Å². The van der Waals surface area contributed by atoms with E-state index in [4.69, 9.17) is 4.74 Å². The fourth-order valence-electron chi connectivity index (χ4n) is 4.05. The number of allylic oxidation sites excluding steroid dienone is 2. The molecule has 1 N–H and O–H groups in total. The van der Waals surface area contributed by atoms with Crippen LogP contribution in [0.5, 0.6) is 0 Å². The van der Waals surface area contributed by atoms with Gasteiger partial charge >= 0.3 is 5.97 Å². The van der Waals surface area contributed by atoms with Gasteiger partial charge in [-0.15, -0.1) is 0 Å². The summed E-state index contributed by atoms with van der Waals surface area (Å²) in [6.07, 6.45) is 5.39. The second kappa shape index (κ2) is 7.18. The monoisotopic (exact) mass is 365 g/mol. The number of anilines is 1. The lowest BCUT2D eigenvalue weighted by Crippen LogP contribution is -2.29. The van der Waals surface area contributed by atoms with Crippen molar-refractivity contribution in [3.8, 4) is 0 Å². The predicted octanol–water partition coefficient (Wildman–Crippen LogP) is 5.47. The van der Waals surface area contributed by atoms with Crippen molar-refractivity contribution in [1.82, 2.24) is 0 Å². The van der Waals surface area contributed by atoms with E-state index in [0.29, 0.717) is 24.0 Å². The first-order valence-electron chi connectivity index (χ1n) is 9.52. The molecule has 140 valence electrons. The van der Waals surface area contributed by atoms with Crippen molar-refractivity contribution in [2.24, 2.45) is 11.8 Å². The number of carbonyl (C=O) groups is 1. The molecule has 0 saturated heterocycles. The highest BCUT2D eigenvalue weighted by Crippen LogP contribution is 2.49. The van der Waals surface area contributed by atoms with Gasteiger partial charge in [0.05, 0.1) is 18.2 Å². The summed E-state index contributed by atoms with van der Waals surface area (Å²) >= 11 is 0. The minimum Gasteiger partial charge on any atom is -0.462 e. The lowest BCUT2D eigenvalue weighted by atomic mass is 9.76. The molecule has 2 aromatic carbocycles. The number of benzene rings is 2. The first kappa shape index (κ1) is 17.8. The molecule has 3 atom stereocenters. The topological polar surface area (TPSA) is 38.3 Å². The third-order valence-corrected chi connectivity index (χ3v) is 5.38. The van der Waals surface area contributed by atoms with E-state index in [1.165, 1.54) is 12.1 Å². The Morgan fingerprint density at radius 3 is 2.74 bits per heavy atom. The summed E-state index contributed by atoms with van der Waals surface area (Å²) in [5.41, 5.74) is 3.83. The fourth-order valence-corrected chi connectivity index (χ4v) is 4.05. The molecule has 0 fully saturated rings. The zero-order valence-corrected chi connectivity index (χ0v) is 15.6. The summed E-state index contributed by atoms with van der Waals surface area (Å²) < 4.78 is 18.7. The van der Waals surface area contributed by atoms with E-state index in [0.717, 1.165) is 23.2 Å². The number of ether oxygens (including phenoxy) is 1. The van der Waals surface area contributed by atoms with E-state index in [-0.39, 0.29) is 23.7 Å². The van der Waals surface area contributed by atoms with Gasteiger partial charge in [-0.25, -0.2) is 9.18 Å².